The molecule has 1 heteroatoms. The van der Waals surface area contributed by atoms with Crippen molar-refractivity contribution < 1.29 is 0 Å². The smallest absolute Gasteiger partial charge is 0.0236 e. The molecule has 0 radical (unpaired) electrons. The van der Waals surface area contributed by atoms with E-state index in [9.17, 15) is 0 Å². The molecule has 1 heterocycles. The van der Waals surface area contributed by atoms with Crippen LogP contribution in [0.4, 0.5) is 0 Å². The molecule has 0 amide bonds. The Kier molecular flexibility index (Phi) is 6.17. The highest BCUT2D eigenvalue weighted by Crippen LogP contribution is 2.21. The highest BCUT2D eigenvalue weighted by Gasteiger charge is 2.21. The van der Waals surface area contributed by atoms with Gasteiger partial charge in [0.15, 0.2) is 0 Å². The Morgan fingerprint density at radius 1 is 1.38 bits per heavy atom. The van der Waals surface area contributed by atoms with Crippen molar-refractivity contribution in [2.75, 3.05) is 13.1 Å². The van der Waals surface area contributed by atoms with Crippen molar-refractivity contribution in [1.82, 2.24) is 4.90 Å². The summed E-state index contributed by atoms with van der Waals surface area (Å²) in [5.41, 5.74) is 1.29. The van der Waals surface area contributed by atoms with Gasteiger partial charge in [-0.05, 0) is 31.4 Å². The lowest BCUT2D eigenvalue weighted by molar-refractivity contribution is 0.153. The molecule has 1 saturated heterocycles. The Morgan fingerprint density at radius 2 is 2.19 bits per heavy atom. The summed E-state index contributed by atoms with van der Waals surface area (Å²) in [6.45, 7) is 12.2. The van der Waals surface area contributed by atoms with E-state index < -0.39 is 0 Å². The molecule has 0 saturated carbocycles. The van der Waals surface area contributed by atoms with E-state index in [2.05, 4.69) is 31.1 Å². The Balaban J connectivity index is 2.57. The molecular weight excluding hydrogens is 194 g/mol. The maximum atomic E-state index is 3.87. The summed E-state index contributed by atoms with van der Waals surface area (Å²) in [4.78, 5) is 2.62. The second-order valence-corrected chi connectivity index (χ2v) is 4.59. The van der Waals surface area contributed by atoms with E-state index in [0.717, 1.165) is 12.6 Å². The van der Waals surface area contributed by atoms with Crippen molar-refractivity contribution in [3.63, 3.8) is 0 Å². The minimum Gasteiger partial charge on any atom is -0.296 e. The number of rotatable bonds is 6. The molecule has 0 aromatic heterocycles. The highest BCUT2D eigenvalue weighted by molar-refractivity contribution is 5.22. The first-order valence-electron chi connectivity index (χ1n) is 6.49. The summed E-state index contributed by atoms with van der Waals surface area (Å²) >= 11 is 0. The molecule has 0 aromatic carbocycles. The fourth-order valence-electron chi connectivity index (χ4n) is 2.50. The molecule has 1 unspecified atom stereocenters. The molecule has 0 N–H and O–H groups in total. The van der Waals surface area contributed by atoms with Crippen LogP contribution in [0.1, 0.15) is 39.0 Å². The van der Waals surface area contributed by atoms with Crippen LogP contribution in [0.2, 0.25) is 0 Å². The van der Waals surface area contributed by atoms with E-state index >= 15 is 0 Å². The van der Waals surface area contributed by atoms with Gasteiger partial charge in [-0.25, -0.2) is 0 Å². The molecule has 16 heavy (non-hydrogen) atoms. The third-order valence-electron chi connectivity index (χ3n) is 3.35. The Hall–Kier alpha value is -0.820. The predicted molar refractivity (Wildman–Crippen MR) is 72.6 cm³/mol. The Bertz CT molecular complexity index is 250. The Morgan fingerprint density at radius 3 is 2.81 bits per heavy atom. The average molecular weight is 219 g/mol. The van der Waals surface area contributed by atoms with Gasteiger partial charge in [-0.1, -0.05) is 51.2 Å². The molecule has 0 aliphatic carbocycles. The molecule has 1 fully saturated rings. The number of piperidine rings is 1. The number of hydrogen-bond acceptors (Lipinski definition) is 1. The standard InChI is InChI=1S/C15H25N/c1-4-9-14(6-3)13-16-12-8-7-11-15(16)10-5-2/h4,6,9,15H,1,3,5,7-8,10-13H2,2H3/b14-9+. The lowest BCUT2D eigenvalue weighted by Gasteiger charge is -2.36. The number of allylic oxidation sites excluding steroid dienone is 2. The van der Waals surface area contributed by atoms with Gasteiger partial charge >= 0.3 is 0 Å². The van der Waals surface area contributed by atoms with E-state index in [4.69, 9.17) is 0 Å². The molecule has 1 rings (SSSR count). The van der Waals surface area contributed by atoms with Crippen LogP contribution in [0.5, 0.6) is 0 Å². The van der Waals surface area contributed by atoms with Gasteiger partial charge in [-0.15, -0.1) is 0 Å². The van der Waals surface area contributed by atoms with Crippen LogP contribution in [0.25, 0.3) is 0 Å². The summed E-state index contributed by atoms with van der Waals surface area (Å²) in [7, 11) is 0. The molecule has 1 aliphatic rings. The molecule has 1 nitrogen and oxygen atoms in total. The van der Waals surface area contributed by atoms with Crippen LogP contribution in [0.15, 0.2) is 37.0 Å². The lowest BCUT2D eigenvalue weighted by Crippen LogP contribution is -2.40. The van der Waals surface area contributed by atoms with Crippen LogP contribution in [0.3, 0.4) is 0 Å². The first kappa shape index (κ1) is 13.2. The predicted octanol–water partition coefficient (Wildman–Crippen LogP) is 3.94. The summed E-state index contributed by atoms with van der Waals surface area (Å²) < 4.78 is 0. The average Bonchev–Trinajstić information content (AvgIpc) is 2.31. The minimum atomic E-state index is 0.784. The number of likely N-dealkylation sites (tertiary alicyclic amines) is 1. The number of nitrogens with zero attached hydrogens (tertiary/aromatic N) is 1. The van der Waals surface area contributed by atoms with Gasteiger partial charge in [0.2, 0.25) is 0 Å². The molecule has 90 valence electrons. The fourth-order valence-corrected chi connectivity index (χ4v) is 2.50. The SMILES string of the molecule is C=C/C=C(\C=C)CN1CCCCC1CCC. The van der Waals surface area contributed by atoms with Crippen LogP contribution < -0.4 is 0 Å². The van der Waals surface area contributed by atoms with E-state index in [1.165, 1.54) is 44.2 Å². The lowest BCUT2D eigenvalue weighted by atomic mass is 9.97. The molecule has 0 bridgehead atoms. The Labute approximate surface area is 101 Å². The van der Waals surface area contributed by atoms with Gasteiger partial charge in [-0.2, -0.15) is 0 Å². The van der Waals surface area contributed by atoms with Gasteiger partial charge in [0.1, 0.15) is 0 Å². The van der Waals surface area contributed by atoms with Gasteiger partial charge < -0.3 is 0 Å². The van der Waals surface area contributed by atoms with E-state index in [-0.39, 0.29) is 0 Å². The number of hydrogen-bond donors (Lipinski definition) is 0. The monoisotopic (exact) mass is 219 g/mol. The summed E-state index contributed by atoms with van der Waals surface area (Å²) in [6.07, 6.45) is 12.6. The van der Waals surface area contributed by atoms with Gasteiger partial charge in [-0.3, -0.25) is 4.90 Å². The molecule has 0 aromatic rings. The summed E-state index contributed by atoms with van der Waals surface area (Å²) in [5.74, 6) is 0. The van der Waals surface area contributed by atoms with E-state index in [0.29, 0.717) is 0 Å². The molecular formula is C15H25N. The zero-order valence-corrected chi connectivity index (χ0v) is 10.6. The zero-order valence-electron chi connectivity index (χ0n) is 10.6. The first-order chi connectivity index (χ1) is 7.81. The van der Waals surface area contributed by atoms with Crippen molar-refractivity contribution in [3.8, 4) is 0 Å². The van der Waals surface area contributed by atoms with Crippen LogP contribution in [0, 0.1) is 0 Å². The van der Waals surface area contributed by atoms with Gasteiger partial charge in [0.25, 0.3) is 0 Å². The summed E-state index contributed by atoms with van der Waals surface area (Å²) in [6, 6.07) is 0.784. The molecule has 1 aliphatic heterocycles. The normalized spacial score (nSPS) is 23.1. The van der Waals surface area contributed by atoms with Crippen LogP contribution in [-0.2, 0) is 0 Å². The van der Waals surface area contributed by atoms with Crippen molar-refractivity contribution >= 4 is 0 Å². The van der Waals surface area contributed by atoms with Gasteiger partial charge in [0, 0.05) is 12.6 Å². The second-order valence-electron chi connectivity index (χ2n) is 4.59. The summed E-state index contributed by atoms with van der Waals surface area (Å²) in [5, 5.41) is 0. The second kappa shape index (κ2) is 7.45. The first-order valence-corrected chi connectivity index (χ1v) is 6.49. The van der Waals surface area contributed by atoms with Crippen LogP contribution >= 0.6 is 0 Å². The maximum absolute atomic E-state index is 3.87. The third kappa shape index (κ3) is 3.97. The van der Waals surface area contributed by atoms with Crippen LogP contribution in [-0.4, -0.2) is 24.0 Å². The largest absolute Gasteiger partial charge is 0.296 e. The molecule has 0 spiro atoms. The topological polar surface area (TPSA) is 3.24 Å². The maximum Gasteiger partial charge on any atom is 0.0236 e. The zero-order chi connectivity index (χ0) is 11.8. The minimum absolute atomic E-state index is 0.784. The highest BCUT2D eigenvalue weighted by atomic mass is 15.2. The third-order valence-corrected chi connectivity index (χ3v) is 3.35. The van der Waals surface area contributed by atoms with Crippen molar-refractivity contribution in [3.05, 3.63) is 37.0 Å². The quantitative estimate of drug-likeness (QED) is 0.612. The van der Waals surface area contributed by atoms with Crippen molar-refractivity contribution in [2.24, 2.45) is 0 Å². The molecule has 1 atom stereocenters. The van der Waals surface area contributed by atoms with E-state index in [1.807, 2.05) is 12.2 Å². The van der Waals surface area contributed by atoms with Crippen molar-refractivity contribution in [1.29, 1.82) is 0 Å². The van der Waals surface area contributed by atoms with Gasteiger partial charge in [0.05, 0.1) is 0 Å². The fraction of sp³-hybridized carbons (Fsp3) is 0.600. The van der Waals surface area contributed by atoms with E-state index in [1.54, 1.807) is 0 Å². The van der Waals surface area contributed by atoms with Crippen molar-refractivity contribution in [2.45, 2.75) is 45.1 Å².